The quantitative estimate of drug-likeness (QED) is 0.775. The second kappa shape index (κ2) is 3.33. The minimum atomic E-state index is -0.586. The van der Waals surface area contributed by atoms with E-state index in [2.05, 4.69) is 5.16 Å². The number of benzene rings is 1. The first-order chi connectivity index (χ1) is 6.79. The van der Waals surface area contributed by atoms with Crippen LogP contribution in [0.5, 0.6) is 0 Å². The molecule has 0 bridgehead atoms. The number of rotatable bonds is 2. The van der Waals surface area contributed by atoms with Crippen molar-refractivity contribution in [1.29, 1.82) is 0 Å². The summed E-state index contributed by atoms with van der Waals surface area (Å²) in [6.07, 6.45) is 1.41. The fraction of sp³-hybridized carbons (Fsp3) is 0. The van der Waals surface area contributed by atoms with Gasteiger partial charge in [0.15, 0.2) is 5.69 Å². The Bertz CT molecular complexity index is 448. The molecule has 0 aliphatic heterocycles. The predicted molar refractivity (Wildman–Crippen MR) is 50.5 cm³/mol. The maximum atomic E-state index is 11.0. The SMILES string of the molecule is NC(=O)c1nocc1-c1ccccc1. The third-order valence-corrected chi connectivity index (χ3v) is 1.89. The molecule has 0 fully saturated rings. The molecule has 0 saturated heterocycles. The standard InChI is InChI=1S/C10H8N2O2/c11-10(13)9-8(6-14-12-9)7-4-2-1-3-5-7/h1-6H,(H2,11,13). The highest BCUT2D eigenvalue weighted by Crippen LogP contribution is 2.21. The molecule has 0 aliphatic rings. The molecule has 0 unspecified atom stereocenters. The van der Waals surface area contributed by atoms with Crippen LogP contribution < -0.4 is 5.73 Å². The van der Waals surface area contributed by atoms with E-state index in [-0.39, 0.29) is 5.69 Å². The predicted octanol–water partition coefficient (Wildman–Crippen LogP) is 1.44. The van der Waals surface area contributed by atoms with Gasteiger partial charge in [0.2, 0.25) is 0 Å². The van der Waals surface area contributed by atoms with Gasteiger partial charge in [-0.25, -0.2) is 0 Å². The van der Waals surface area contributed by atoms with E-state index in [9.17, 15) is 4.79 Å². The van der Waals surface area contributed by atoms with Gasteiger partial charge in [-0.1, -0.05) is 35.5 Å². The zero-order valence-corrected chi connectivity index (χ0v) is 7.31. The number of carbonyl (C=O) groups excluding carboxylic acids is 1. The summed E-state index contributed by atoms with van der Waals surface area (Å²) in [6, 6.07) is 9.35. The molecule has 0 saturated carbocycles. The Labute approximate surface area is 80.3 Å². The average molecular weight is 188 g/mol. The lowest BCUT2D eigenvalue weighted by molar-refractivity contribution is 0.0992. The Balaban J connectivity index is 2.52. The smallest absolute Gasteiger partial charge is 0.271 e. The minimum Gasteiger partial charge on any atom is -0.364 e. The maximum Gasteiger partial charge on any atom is 0.271 e. The van der Waals surface area contributed by atoms with Crippen molar-refractivity contribution in [2.24, 2.45) is 5.73 Å². The normalized spacial score (nSPS) is 10.0. The van der Waals surface area contributed by atoms with E-state index in [1.54, 1.807) is 0 Å². The molecule has 70 valence electrons. The zero-order valence-electron chi connectivity index (χ0n) is 7.31. The topological polar surface area (TPSA) is 69.1 Å². The van der Waals surface area contributed by atoms with Crippen molar-refractivity contribution in [3.63, 3.8) is 0 Å². The van der Waals surface area contributed by atoms with Crippen LogP contribution >= 0.6 is 0 Å². The summed E-state index contributed by atoms with van der Waals surface area (Å²) in [7, 11) is 0. The van der Waals surface area contributed by atoms with Gasteiger partial charge in [-0.3, -0.25) is 4.79 Å². The van der Waals surface area contributed by atoms with Crippen LogP contribution in [0.1, 0.15) is 10.5 Å². The lowest BCUT2D eigenvalue weighted by atomic mass is 10.1. The van der Waals surface area contributed by atoms with Crippen molar-refractivity contribution in [1.82, 2.24) is 5.16 Å². The lowest BCUT2D eigenvalue weighted by Gasteiger charge is -1.96. The van der Waals surface area contributed by atoms with Crippen molar-refractivity contribution in [3.05, 3.63) is 42.3 Å². The highest BCUT2D eigenvalue weighted by molar-refractivity contribution is 5.97. The lowest BCUT2D eigenvalue weighted by Crippen LogP contribution is -2.12. The summed E-state index contributed by atoms with van der Waals surface area (Å²) in [6.45, 7) is 0. The van der Waals surface area contributed by atoms with Crippen LogP contribution in [0.3, 0.4) is 0 Å². The Morgan fingerprint density at radius 2 is 2.00 bits per heavy atom. The van der Waals surface area contributed by atoms with Gasteiger partial charge in [0, 0.05) is 0 Å². The summed E-state index contributed by atoms with van der Waals surface area (Å²) in [5.74, 6) is -0.586. The van der Waals surface area contributed by atoms with Gasteiger partial charge in [0.05, 0.1) is 5.56 Å². The molecule has 14 heavy (non-hydrogen) atoms. The second-order valence-electron chi connectivity index (χ2n) is 2.81. The van der Waals surface area contributed by atoms with Gasteiger partial charge in [-0.05, 0) is 5.56 Å². The Morgan fingerprint density at radius 1 is 1.29 bits per heavy atom. The van der Waals surface area contributed by atoms with Crippen molar-refractivity contribution in [2.75, 3.05) is 0 Å². The van der Waals surface area contributed by atoms with Crippen LogP contribution in [0.25, 0.3) is 11.1 Å². The van der Waals surface area contributed by atoms with Gasteiger partial charge in [-0.2, -0.15) is 0 Å². The van der Waals surface area contributed by atoms with E-state index < -0.39 is 5.91 Å². The molecule has 1 aromatic heterocycles. The summed E-state index contributed by atoms with van der Waals surface area (Å²) >= 11 is 0. The Kier molecular flexibility index (Phi) is 2.02. The third-order valence-electron chi connectivity index (χ3n) is 1.89. The molecular weight excluding hydrogens is 180 g/mol. The third kappa shape index (κ3) is 1.37. The number of nitrogens with two attached hydrogens (primary N) is 1. The number of hydrogen-bond donors (Lipinski definition) is 1. The highest BCUT2D eigenvalue weighted by Gasteiger charge is 2.13. The summed E-state index contributed by atoms with van der Waals surface area (Å²) in [5.41, 5.74) is 6.78. The first kappa shape index (κ1) is 8.50. The van der Waals surface area contributed by atoms with Gasteiger partial charge in [-0.15, -0.1) is 0 Å². The molecule has 2 rings (SSSR count). The zero-order chi connectivity index (χ0) is 9.97. The van der Waals surface area contributed by atoms with Gasteiger partial charge >= 0.3 is 0 Å². The molecule has 0 aliphatic carbocycles. The fourth-order valence-corrected chi connectivity index (χ4v) is 1.24. The van der Waals surface area contributed by atoms with Gasteiger partial charge < -0.3 is 10.3 Å². The van der Waals surface area contributed by atoms with Crippen molar-refractivity contribution < 1.29 is 9.32 Å². The number of primary amides is 1. The molecule has 0 atom stereocenters. The largest absolute Gasteiger partial charge is 0.364 e. The summed E-state index contributed by atoms with van der Waals surface area (Å²) in [4.78, 5) is 11.0. The summed E-state index contributed by atoms with van der Waals surface area (Å²) < 4.78 is 4.71. The molecule has 1 amide bonds. The first-order valence-electron chi connectivity index (χ1n) is 4.08. The van der Waals surface area contributed by atoms with E-state index in [1.165, 1.54) is 6.26 Å². The molecular formula is C10H8N2O2. The highest BCUT2D eigenvalue weighted by atomic mass is 16.5. The fourth-order valence-electron chi connectivity index (χ4n) is 1.24. The van der Waals surface area contributed by atoms with Crippen molar-refractivity contribution >= 4 is 5.91 Å². The van der Waals surface area contributed by atoms with Crippen LogP contribution in [0.4, 0.5) is 0 Å². The minimum absolute atomic E-state index is 0.163. The van der Waals surface area contributed by atoms with Crippen molar-refractivity contribution in [2.45, 2.75) is 0 Å². The summed E-state index contributed by atoms with van der Waals surface area (Å²) in [5, 5.41) is 3.54. The Hall–Kier alpha value is -2.10. The molecule has 1 aromatic carbocycles. The molecule has 4 heteroatoms. The molecule has 1 heterocycles. The molecule has 0 spiro atoms. The molecule has 2 aromatic rings. The second-order valence-corrected chi connectivity index (χ2v) is 2.81. The van der Waals surface area contributed by atoms with E-state index in [0.29, 0.717) is 5.56 Å². The number of aromatic nitrogens is 1. The first-order valence-corrected chi connectivity index (χ1v) is 4.08. The number of amides is 1. The van der Waals surface area contributed by atoms with Crippen LogP contribution in [0.15, 0.2) is 41.1 Å². The maximum absolute atomic E-state index is 11.0. The van der Waals surface area contributed by atoms with Crippen LogP contribution in [0.2, 0.25) is 0 Å². The van der Waals surface area contributed by atoms with Crippen LogP contribution in [-0.2, 0) is 0 Å². The monoisotopic (exact) mass is 188 g/mol. The van der Waals surface area contributed by atoms with Gasteiger partial charge in [0.1, 0.15) is 6.26 Å². The molecule has 2 N–H and O–H groups in total. The van der Waals surface area contributed by atoms with E-state index in [1.807, 2.05) is 30.3 Å². The number of hydrogen-bond acceptors (Lipinski definition) is 3. The van der Waals surface area contributed by atoms with E-state index >= 15 is 0 Å². The van der Waals surface area contributed by atoms with Crippen molar-refractivity contribution in [3.8, 4) is 11.1 Å². The average Bonchev–Trinajstić information content (AvgIpc) is 2.67. The molecule has 0 radical (unpaired) electrons. The number of nitrogens with zero attached hydrogens (tertiary/aromatic N) is 1. The van der Waals surface area contributed by atoms with E-state index in [0.717, 1.165) is 5.56 Å². The van der Waals surface area contributed by atoms with Gasteiger partial charge in [0.25, 0.3) is 5.91 Å². The van der Waals surface area contributed by atoms with E-state index in [4.69, 9.17) is 10.3 Å². The Morgan fingerprint density at radius 3 is 2.64 bits per heavy atom. The van der Waals surface area contributed by atoms with Crippen LogP contribution in [0, 0.1) is 0 Å². The number of carbonyl (C=O) groups is 1. The van der Waals surface area contributed by atoms with Crippen LogP contribution in [-0.4, -0.2) is 11.1 Å². The molecule has 4 nitrogen and oxygen atoms in total.